The third kappa shape index (κ3) is 2.97. The molecule has 0 radical (unpaired) electrons. The van der Waals surface area contributed by atoms with Crippen molar-refractivity contribution in [1.82, 2.24) is 14.8 Å². The van der Waals surface area contributed by atoms with Crippen LogP contribution in [0.1, 0.15) is 5.56 Å². The fourth-order valence-electron chi connectivity index (χ4n) is 1.45. The second-order valence-electron chi connectivity index (χ2n) is 3.75. The van der Waals surface area contributed by atoms with E-state index in [1.165, 1.54) is 0 Å². The lowest BCUT2D eigenvalue weighted by atomic mass is 10.3. The van der Waals surface area contributed by atoms with E-state index >= 15 is 0 Å². The van der Waals surface area contributed by atoms with Crippen molar-refractivity contribution in [1.29, 1.82) is 0 Å². The van der Waals surface area contributed by atoms with Crippen LogP contribution in [0.4, 0.5) is 11.5 Å². The molecule has 0 unspecified atom stereocenters. The lowest BCUT2D eigenvalue weighted by Gasteiger charge is -2.08. The highest BCUT2D eigenvalue weighted by molar-refractivity contribution is 9.10. The summed E-state index contributed by atoms with van der Waals surface area (Å²) in [5.74, 6) is 0.852. The Labute approximate surface area is 108 Å². The molecular formula is C11H14BrN5. The highest BCUT2D eigenvalue weighted by atomic mass is 79.9. The number of pyridine rings is 1. The van der Waals surface area contributed by atoms with Crippen molar-refractivity contribution in [3.63, 3.8) is 0 Å². The van der Waals surface area contributed by atoms with E-state index < -0.39 is 0 Å². The molecule has 3 N–H and O–H groups in total. The highest BCUT2D eigenvalue weighted by Gasteiger charge is 2.03. The summed E-state index contributed by atoms with van der Waals surface area (Å²) < 4.78 is 2.80. The Hall–Kier alpha value is -1.56. The van der Waals surface area contributed by atoms with Crippen LogP contribution in [0.5, 0.6) is 0 Å². The zero-order chi connectivity index (χ0) is 12.3. The molecule has 17 heavy (non-hydrogen) atoms. The monoisotopic (exact) mass is 295 g/mol. The summed E-state index contributed by atoms with van der Waals surface area (Å²) in [4.78, 5) is 4.26. The minimum Gasteiger partial charge on any atom is -0.396 e. The number of aryl methyl sites for hydroxylation is 1. The lowest BCUT2D eigenvalue weighted by molar-refractivity contribution is 0.637. The van der Waals surface area contributed by atoms with Crippen molar-refractivity contribution in [2.45, 2.75) is 13.5 Å². The van der Waals surface area contributed by atoms with Gasteiger partial charge in [0.25, 0.3) is 0 Å². The van der Waals surface area contributed by atoms with Gasteiger partial charge in [0.05, 0.1) is 22.9 Å². The Morgan fingerprint density at radius 1 is 1.53 bits per heavy atom. The zero-order valence-corrected chi connectivity index (χ0v) is 11.1. The van der Waals surface area contributed by atoms with Crippen molar-refractivity contribution in [3.8, 4) is 0 Å². The summed E-state index contributed by atoms with van der Waals surface area (Å²) in [6.45, 7) is 3.53. The summed E-state index contributed by atoms with van der Waals surface area (Å²) in [6.07, 6.45) is 5.23. The first kappa shape index (κ1) is 11.9. The molecule has 0 saturated carbocycles. The van der Waals surface area contributed by atoms with Gasteiger partial charge in [-0.2, -0.15) is 5.10 Å². The third-order valence-electron chi connectivity index (χ3n) is 2.37. The van der Waals surface area contributed by atoms with Gasteiger partial charge in [-0.1, -0.05) is 0 Å². The van der Waals surface area contributed by atoms with Gasteiger partial charge in [0.1, 0.15) is 5.82 Å². The summed E-state index contributed by atoms with van der Waals surface area (Å²) in [5.41, 5.74) is 7.42. The number of rotatable bonds is 4. The second kappa shape index (κ2) is 5.18. The number of nitrogens with two attached hydrogens (primary N) is 1. The number of hydrogen-bond acceptors (Lipinski definition) is 4. The molecule has 90 valence electrons. The second-order valence-corrected chi connectivity index (χ2v) is 4.55. The SMILES string of the molecule is Cc1ccnc(NCCn2cc(N)cn2)c1Br. The Morgan fingerprint density at radius 3 is 3.06 bits per heavy atom. The van der Waals surface area contributed by atoms with Crippen LogP contribution >= 0.6 is 15.9 Å². The fraction of sp³-hybridized carbons (Fsp3) is 0.273. The van der Waals surface area contributed by atoms with Crippen LogP contribution in [0, 0.1) is 6.92 Å². The van der Waals surface area contributed by atoms with Crippen LogP contribution in [0.25, 0.3) is 0 Å². The van der Waals surface area contributed by atoms with Crippen LogP contribution in [0.3, 0.4) is 0 Å². The van der Waals surface area contributed by atoms with Crippen molar-refractivity contribution in [2.24, 2.45) is 0 Å². The molecule has 0 saturated heterocycles. The first-order chi connectivity index (χ1) is 8.16. The quantitative estimate of drug-likeness (QED) is 0.906. The number of nitrogens with zero attached hydrogens (tertiary/aromatic N) is 3. The Balaban J connectivity index is 1.92. The molecule has 5 nitrogen and oxygen atoms in total. The van der Waals surface area contributed by atoms with Crippen LogP contribution in [-0.2, 0) is 6.54 Å². The standard InChI is InChI=1S/C11H14BrN5/c1-8-2-3-14-11(10(8)12)15-4-5-17-7-9(13)6-16-17/h2-3,6-7H,4-5,13H2,1H3,(H,14,15). The minimum atomic E-state index is 0.680. The van der Waals surface area contributed by atoms with Crippen LogP contribution in [-0.4, -0.2) is 21.3 Å². The number of nitrogens with one attached hydrogen (secondary N) is 1. The van der Waals surface area contributed by atoms with Gasteiger partial charge in [-0.15, -0.1) is 0 Å². The maximum Gasteiger partial charge on any atom is 0.140 e. The Morgan fingerprint density at radius 2 is 2.35 bits per heavy atom. The van der Waals surface area contributed by atoms with E-state index in [4.69, 9.17) is 5.73 Å². The summed E-state index contributed by atoms with van der Waals surface area (Å²) >= 11 is 3.50. The number of nitrogen functional groups attached to an aromatic ring is 1. The van der Waals surface area contributed by atoms with Crippen LogP contribution in [0.15, 0.2) is 29.1 Å². The van der Waals surface area contributed by atoms with Gasteiger partial charge in [-0.25, -0.2) is 4.98 Å². The van der Waals surface area contributed by atoms with E-state index in [0.717, 1.165) is 28.9 Å². The van der Waals surface area contributed by atoms with Gasteiger partial charge in [0.15, 0.2) is 0 Å². The number of halogens is 1. The molecule has 0 bridgehead atoms. The summed E-state index contributed by atoms with van der Waals surface area (Å²) in [7, 11) is 0. The molecular weight excluding hydrogens is 282 g/mol. The Kier molecular flexibility index (Phi) is 3.63. The van der Waals surface area contributed by atoms with Crippen LogP contribution in [0.2, 0.25) is 0 Å². The zero-order valence-electron chi connectivity index (χ0n) is 9.52. The first-order valence-electron chi connectivity index (χ1n) is 5.30. The number of anilines is 2. The predicted molar refractivity (Wildman–Crippen MR) is 71.8 cm³/mol. The van der Waals surface area contributed by atoms with Gasteiger partial charge in [-0.05, 0) is 34.5 Å². The molecule has 0 aliphatic carbocycles. The van der Waals surface area contributed by atoms with Gasteiger partial charge in [-0.3, -0.25) is 4.68 Å². The van der Waals surface area contributed by atoms with Crippen molar-refractivity contribution in [2.75, 3.05) is 17.6 Å². The number of hydrogen-bond donors (Lipinski definition) is 2. The molecule has 2 heterocycles. The average molecular weight is 296 g/mol. The molecule has 2 aromatic heterocycles. The largest absolute Gasteiger partial charge is 0.396 e. The van der Waals surface area contributed by atoms with E-state index in [-0.39, 0.29) is 0 Å². The van der Waals surface area contributed by atoms with E-state index in [9.17, 15) is 0 Å². The molecule has 2 rings (SSSR count). The first-order valence-corrected chi connectivity index (χ1v) is 6.09. The maximum absolute atomic E-state index is 5.58. The summed E-state index contributed by atoms with van der Waals surface area (Å²) in [6, 6.07) is 1.96. The normalized spacial score (nSPS) is 10.5. The number of aromatic nitrogens is 3. The van der Waals surface area contributed by atoms with Crippen molar-refractivity contribution >= 4 is 27.4 Å². The predicted octanol–water partition coefficient (Wildman–Crippen LogP) is 2.04. The van der Waals surface area contributed by atoms with E-state index in [2.05, 4.69) is 31.3 Å². The van der Waals surface area contributed by atoms with E-state index in [1.54, 1.807) is 23.3 Å². The van der Waals surface area contributed by atoms with Crippen molar-refractivity contribution in [3.05, 3.63) is 34.7 Å². The molecule has 0 atom stereocenters. The average Bonchev–Trinajstić information content (AvgIpc) is 2.70. The molecule has 0 spiro atoms. The third-order valence-corrected chi connectivity index (χ3v) is 3.37. The fourth-order valence-corrected chi connectivity index (χ4v) is 1.83. The van der Waals surface area contributed by atoms with Crippen LogP contribution < -0.4 is 11.1 Å². The van der Waals surface area contributed by atoms with Gasteiger partial charge in [0.2, 0.25) is 0 Å². The van der Waals surface area contributed by atoms with Crippen molar-refractivity contribution < 1.29 is 0 Å². The molecule has 0 aliphatic heterocycles. The Bertz CT molecular complexity index is 508. The molecule has 0 aromatic carbocycles. The van der Waals surface area contributed by atoms with Gasteiger partial charge >= 0.3 is 0 Å². The maximum atomic E-state index is 5.58. The highest BCUT2D eigenvalue weighted by Crippen LogP contribution is 2.22. The molecule has 6 heteroatoms. The van der Waals surface area contributed by atoms with E-state index in [0.29, 0.717) is 5.69 Å². The smallest absolute Gasteiger partial charge is 0.140 e. The topological polar surface area (TPSA) is 68.8 Å². The van der Waals surface area contributed by atoms with Gasteiger partial charge in [0, 0.05) is 18.9 Å². The molecule has 0 aliphatic rings. The van der Waals surface area contributed by atoms with E-state index in [1.807, 2.05) is 13.0 Å². The molecule has 2 aromatic rings. The van der Waals surface area contributed by atoms with Gasteiger partial charge < -0.3 is 11.1 Å². The molecule has 0 fully saturated rings. The molecule has 0 amide bonds. The lowest BCUT2D eigenvalue weighted by Crippen LogP contribution is -2.12. The summed E-state index contributed by atoms with van der Waals surface area (Å²) in [5, 5.41) is 7.36. The minimum absolute atomic E-state index is 0.680.